The first-order chi connectivity index (χ1) is 11.5. The normalized spacial score (nSPS) is 10.7. The van der Waals surface area contributed by atoms with E-state index < -0.39 is 0 Å². The SMILES string of the molecule is Cc1ccc(SCC(=O)NCCc2ccc(OC(C)C)cc2)cc1. The molecule has 4 heteroatoms. The van der Waals surface area contributed by atoms with Gasteiger partial charge < -0.3 is 10.1 Å². The largest absolute Gasteiger partial charge is 0.491 e. The molecule has 2 aromatic carbocycles. The highest BCUT2D eigenvalue weighted by Gasteiger charge is 2.03. The number of rotatable bonds is 8. The zero-order valence-corrected chi connectivity index (χ0v) is 15.4. The number of carbonyl (C=O) groups is 1. The lowest BCUT2D eigenvalue weighted by Crippen LogP contribution is -2.27. The fourth-order valence-electron chi connectivity index (χ4n) is 2.19. The van der Waals surface area contributed by atoms with Gasteiger partial charge in [-0.1, -0.05) is 29.8 Å². The lowest BCUT2D eigenvalue weighted by atomic mass is 10.1. The van der Waals surface area contributed by atoms with E-state index in [0.717, 1.165) is 17.1 Å². The second-order valence-electron chi connectivity index (χ2n) is 6.01. The molecule has 0 unspecified atom stereocenters. The Kier molecular flexibility index (Phi) is 7.19. The van der Waals surface area contributed by atoms with Crippen molar-refractivity contribution in [2.24, 2.45) is 0 Å². The predicted molar refractivity (Wildman–Crippen MR) is 101 cm³/mol. The molecule has 0 bridgehead atoms. The van der Waals surface area contributed by atoms with Gasteiger partial charge in [0.05, 0.1) is 11.9 Å². The van der Waals surface area contributed by atoms with Gasteiger partial charge >= 0.3 is 0 Å². The number of ether oxygens (including phenoxy) is 1. The topological polar surface area (TPSA) is 38.3 Å². The van der Waals surface area contributed by atoms with Crippen molar-refractivity contribution in [2.45, 2.75) is 38.2 Å². The van der Waals surface area contributed by atoms with Crippen molar-refractivity contribution < 1.29 is 9.53 Å². The Balaban J connectivity index is 1.67. The summed E-state index contributed by atoms with van der Waals surface area (Å²) >= 11 is 1.56. The first-order valence-electron chi connectivity index (χ1n) is 8.24. The zero-order valence-electron chi connectivity index (χ0n) is 14.5. The van der Waals surface area contributed by atoms with Gasteiger partial charge in [-0.25, -0.2) is 0 Å². The van der Waals surface area contributed by atoms with Crippen LogP contribution in [0.4, 0.5) is 0 Å². The number of nitrogens with one attached hydrogen (secondary N) is 1. The maximum Gasteiger partial charge on any atom is 0.230 e. The van der Waals surface area contributed by atoms with Crippen molar-refractivity contribution in [1.82, 2.24) is 5.32 Å². The van der Waals surface area contributed by atoms with E-state index in [4.69, 9.17) is 4.74 Å². The van der Waals surface area contributed by atoms with Gasteiger partial charge in [0.15, 0.2) is 0 Å². The maximum atomic E-state index is 11.9. The van der Waals surface area contributed by atoms with Gasteiger partial charge in [-0.15, -0.1) is 11.8 Å². The molecule has 3 nitrogen and oxygen atoms in total. The second kappa shape index (κ2) is 9.38. The van der Waals surface area contributed by atoms with Crippen LogP contribution in [-0.2, 0) is 11.2 Å². The predicted octanol–water partition coefficient (Wildman–Crippen LogP) is 4.23. The van der Waals surface area contributed by atoms with Crippen LogP contribution in [0.1, 0.15) is 25.0 Å². The Morgan fingerprint density at radius 1 is 1.08 bits per heavy atom. The van der Waals surface area contributed by atoms with Crippen LogP contribution in [0, 0.1) is 6.92 Å². The molecule has 0 aromatic heterocycles. The fraction of sp³-hybridized carbons (Fsp3) is 0.350. The first-order valence-corrected chi connectivity index (χ1v) is 9.23. The van der Waals surface area contributed by atoms with E-state index in [9.17, 15) is 4.79 Å². The first kappa shape index (κ1) is 18.4. The summed E-state index contributed by atoms with van der Waals surface area (Å²) in [4.78, 5) is 13.0. The third-order valence-electron chi connectivity index (χ3n) is 3.42. The van der Waals surface area contributed by atoms with Gasteiger partial charge in [0.2, 0.25) is 5.91 Å². The van der Waals surface area contributed by atoms with Gasteiger partial charge in [-0.05, 0) is 57.0 Å². The van der Waals surface area contributed by atoms with Crippen LogP contribution >= 0.6 is 11.8 Å². The van der Waals surface area contributed by atoms with E-state index in [1.807, 2.05) is 50.2 Å². The number of thioether (sulfide) groups is 1. The van der Waals surface area contributed by atoms with Crippen LogP contribution < -0.4 is 10.1 Å². The Morgan fingerprint density at radius 3 is 2.38 bits per heavy atom. The van der Waals surface area contributed by atoms with E-state index in [2.05, 4.69) is 24.4 Å². The molecule has 0 aliphatic carbocycles. The molecule has 0 fully saturated rings. The Labute approximate surface area is 148 Å². The third kappa shape index (κ3) is 6.67. The summed E-state index contributed by atoms with van der Waals surface area (Å²) in [5, 5.41) is 2.97. The molecule has 2 rings (SSSR count). The van der Waals surface area contributed by atoms with Gasteiger partial charge in [-0.2, -0.15) is 0 Å². The minimum absolute atomic E-state index is 0.0698. The zero-order chi connectivity index (χ0) is 17.4. The van der Waals surface area contributed by atoms with E-state index in [1.165, 1.54) is 11.1 Å². The Hall–Kier alpha value is -1.94. The number of hydrogen-bond donors (Lipinski definition) is 1. The summed E-state index contributed by atoms with van der Waals surface area (Å²) in [5.41, 5.74) is 2.42. The highest BCUT2D eigenvalue weighted by molar-refractivity contribution is 8.00. The van der Waals surface area contributed by atoms with Gasteiger partial charge in [0, 0.05) is 11.4 Å². The van der Waals surface area contributed by atoms with E-state index in [0.29, 0.717) is 12.3 Å². The second-order valence-corrected chi connectivity index (χ2v) is 7.06. The van der Waals surface area contributed by atoms with Crippen LogP contribution in [0.2, 0.25) is 0 Å². The fourth-order valence-corrected chi connectivity index (χ4v) is 2.92. The van der Waals surface area contributed by atoms with Gasteiger partial charge in [0.1, 0.15) is 5.75 Å². The molecular weight excluding hydrogens is 318 g/mol. The van der Waals surface area contributed by atoms with Gasteiger partial charge in [-0.3, -0.25) is 4.79 Å². The molecule has 2 aromatic rings. The van der Waals surface area contributed by atoms with Crippen LogP contribution in [0.3, 0.4) is 0 Å². The number of hydrogen-bond acceptors (Lipinski definition) is 3. The average Bonchev–Trinajstić information content (AvgIpc) is 2.55. The molecule has 1 amide bonds. The van der Waals surface area contributed by atoms with E-state index in [-0.39, 0.29) is 12.0 Å². The van der Waals surface area contributed by atoms with Crippen molar-refractivity contribution in [2.75, 3.05) is 12.3 Å². The summed E-state index contributed by atoms with van der Waals surface area (Å²) in [7, 11) is 0. The van der Waals surface area contributed by atoms with Crippen molar-refractivity contribution >= 4 is 17.7 Å². The molecule has 1 N–H and O–H groups in total. The van der Waals surface area contributed by atoms with E-state index in [1.54, 1.807) is 11.8 Å². The lowest BCUT2D eigenvalue weighted by Gasteiger charge is -2.10. The summed E-state index contributed by atoms with van der Waals surface area (Å²) in [6, 6.07) is 16.3. The molecule has 0 saturated carbocycles. The molecule has 0 heterocycles. The summed E-state index contributed by atoms with van der Waals surface area (Å²) in [6.45, 7) is 6.73. The Morgan fingerprint density at radius 2 is 1.75 bits per heavy atom. The van der Waals surface area contributed by atoms with Crippen LogP contribution in [0.5, 0.6) is 5.75 Å². The third-order valence-corrected chi connectivity index (χ3v) is 4.43. The quantitative estimate of drug-likeness (QED) is 0.729. The minimum Gasteiger partial charge on any atom is -0.491 e. The monoisotopic (exact) mass is 343 g/mol. The smallest absolute Gasteiger partial charge is 0.230 e. The van der Waals surface area contributed by atoms with Crippen molar-refractivity contribution in [1.29, 1.82) is 0 Å². The van der Waals surface area contributed by atoms with Gasteiger partial charge in [0.25, 0.3) is 0 Å². The summed E-state index contributed by atoms with van der Waals surface area (Å²) < 4.78 is 5.62. The van der Waals surface area contributed by atoms with Crippen LogP contribution in [0.25, 0.3) is 0 Å². The standard InChI is InChI=1S/C20H25NO2S/c1-15(2)23-18-8-6-17(7-9-18)12-13-21-20(22)14-24-19-10-4-16(3)5-11-19/h4-11,15H,12-14H2,1-3H3,(H,21,22). The number of aryl methyl sites for hydroxylation is 1. The van der Waals surface area contributed by atoms with Crippen molar-refractivity contribution in [3.8, 4) is 5.75 Å². The van der Waals surface area contributed by atoms with Crippen molar-refractivity contribution in [3.05, 3.63) is 59.7 Å². The number of amides is 1. The molecule has 0 atom stereocenters. The lowest BCUT2D eigenvalue weighted by molar-refractivity contribution is -0.118. The van der Waals surface area contributed by atoms with Crippen LogP contribution in [-0.4, -0.2) is 24.3 Å². The number of carbonyl (C=O) groups excluding carboxylic acids is 1. The molecule has 0 aliphatic heterocycles. The molecular formula is C20H25NO2S. The molecule has 24 heavy (non-hydrogen) atoms. The molecule has 0 saturated heterocycles. The van der Waals surface area contributed by atoms with Crippen molar-refractivity contribution in [3.63, 3.8) is 0 Å². The number of benzene rings is 2. The molecule has 128 valence electrons. The Bertz CT molecular complexity index is 636. The molecule has 0 aliphatic rings. The summed E-state index contributed by atoms with van der Waals surface area (Å²) in [5.74, 6) is 1.40. The average molecular weight is 343 g/mol. The highest BCUT2D eigenvalue weighted by Crippen LogP contribution is 2.18. The van der Waals surface area contributed by atoms with Crippen LogP contribution in [0.15, 0.2) is 53.4 Å². The highest BCUT2D eigenvalue weighted by atomic mass is 32.2. The molecule has 0 spiro atoms. The summed E-state index contributed by atoms with van der Waals surface area (Å²) in [6.07, 6.45) is 1.00. The van der Waals surface area contributed by atoms with E-state index >= 15 is 0 Å². The molecule has 0 radical (unpaired) electrons. The maximum absolute atomic E-state index is 11.9. The minimum atomic E-state index is 0.0698.